The molecule has 2 aliphatic rings. The van der Waals surface area contributed by atoms with Crippen molar-refractivity contribution in [2.75, 3.05) is 0 Å². The van der Waals surface area contributed by atoms with E-state index in [1.165, 1.54) is 85.9 Å². The highest BCUT2D eigenvalue weighted by molar-refractivity contribution is 7.25. The van der Waals surface area contributed by atoms with Gasteiger partial charge in [-0.2, -0.15) is 0 Å². The Labute approximate surface area is 347 Å². The van der Waals surface area contributed by atoms with E-state index in [9.17, 15) is 0 Å². The van der Waals surface area contributed by atoms with E-state index in [1.807, 2.05) is 17.4 Å². The maximum atomic E-state index is 6.48. The van der Waals surface area contributed by atoms with Gasteiger partial charge in [-0.1, -0.05) is 127 Å². The van der Waals surface area contributed by atoms with Crippen LogP contribution < -0.4 is 5.32 Å². The van der Waals surface area contributed by atoms with E-state index in [1.54, 1.807) is 0 Å². The van der Waals surface area contributed by atoms with Crippen LogP contribution in [0.15, 0.2) is 191 Å². The highest BCUT2D eigenvalue weighted by Crippen LogP contribution is 2.47. The second-order valence-electron chi connectivity index (χ2n) is 16.2. The molecule has 0 saturated heterocycles. The summed E-state index contributed by atoms with van der Waals surface area (Å²) in [7, 11) is 0. The third-order valence-electron chi connectivity index (χ3n) is 13.0. The van der Waals surface area contributed by atoms with Crippen LogP contribution >= 0.6 is 11.3 Å². The standard InChI is InChI=1S/C55H33N3OS/c1-2-13-34-30-45-42(29-33(34)12-1)36-24-23-31-27-43-52(37-18-9-14-32-11-3-4-15-35(32)37)56-55(40-19-10-21-47-50(40)38-16-5-7-20-46(38)59-47)57-53(43)41-25-26-49-51(54(41)58(45)44(36)28-31)39-17-6-8-22-48(39)60-49/h1-26,28-30,55-56H,27H2. The summed E-state index contributed by atoms with van der Waals surface area (Å²) < 4.78 is 11.6. The summed E-state index contributed by atoms with van der Waals surface area (Å²) in [5.41, 5.74) is 13.3. The van der Waals surface area contributed by atoms with Gasteiger partial charge in [-0.25, -0.2) is 0 Å². The molecule has 0 radical (unpaired) electrons. The monoisotopic (exact) mass is 783 g/mol. The van der Waals surface area contributed by atoms with Crippen molar-refractivity contribution in [2.45, 2.75) is 12.6 Å². The van der Waals surface area contributed by atoms with Crippen LogP contribution in [0.2, 0.25) is 0 Å². The minimum absolute atomic E-state index is 0.403. The molecule has 1 atom stereocenters. The molecule has 280 valence electrons. The van der Waals surface area contributed by atoms with Crippen molar-refractivity contribution in [3.63, 3.8) is 0 Å². The van der Waals surface area contributed by atoms with Crippen LogP contribution in [-0.4, -0.2) is 10.3 Å². The molecular formula is C55H33N3OS. The minimum Gasteiger partial charge on any atom is -0.456 e. The molecule has 14 rings (SSSR count). The number of nitrogens with one attached hydrogen (secondary N) is 1. The molecule has 9 aromatic carbocycles. The SMILES string of the molecule is c1ccc2cc3c(cc2c1)c1ccc2cc1n3-c1c(ccc3sc4ccccc4c13)C1=NC(c3cccc4oc5ccccc5c34)NC(c3cccc4ccccc34)=C1C2. The summed E-state index contributed by atoms with van der Waals surface area (Å²) >= 11 is 1.87. The normalized spacial score (nSPS) is 15.3. The number of furan rings is 1. The Bertz CT molecular complexity index is 3910. The first-order valence-electron chi connectivity index (χ1n) is 20.6. The molecule has 1 N–H and O–H groups in total. The summed E-state index contributed by atoms with van der Waals surface area (Å²) in [4.78, 5) is 5.94. The molecule has 2 bridgehead atoms. The lowest BCUT2D eigenvalue weighted by atomic mass is 9.87. The smallest absolute Gasteiger partial charge is 0.146 e. The van der Waals surface area contributed by atoms with Crippen molar-refractivity contribution in [1.29, 1.82) is 0 Å². The number of benzene rings is 9. The number of hydrogen-bond acceptors (Lipinski definition) is 4. The van der Waals surface area contributed by atoms with Crippen LogP contribution in [0.3, 0.4) is 0 Å². The van der Waals surface area contributed by atoms with E-state index in [2.05, 4.69) is 180 Å². The average Bonchev–Trinajstić information content (AvgIpc) is 3.97. The van der Waals surface area contributed by atoms with Crippen LogP contribution in [0.25, 0.3) is 96.8 Å². The predicted molar refractivity (Wildman–Crippen MR) is 252 cm³/mol. The highest BCUT2D eigenvalue weighted by atomic mass is 32.1. The Hall–Kier alpha value is -7.47. The average molecular weight is 784 g/mol. The van der Waals surface area contributed by atoms with Crippen molar-refractivity contribution < 1.29 is 4.42 Å². The van der Waals surface area contributed by atoms with Crippen LogP contribution in [-0.2, 0) is 6.42 Å². The third kappa shape index (κ3) is 4.47. The first kappa shape index (κ1) is 32.5. The number of fused-ring (bicyclic) bond motifs is 17. The van der Waals surface area contributed by atoms with E-state index in [-0.39, 0.29) is 0 Å². The quantitative estimate of drug-likeness (QED) is 0.190. The second-order valence-corrected chi connectivity index (χ2v) is 17.3. The minimum atomic E-state index is -0.403. The zero-order valence-corrected chi connectivity index (χ0v) is 33.1. The summed E-state index contributed by atoms with van der Waals surface area (Å²) in [5, 5.41) is 16.2. The van der Waals surface area contributed by atoms with Gasteiger partial charge in [0.15, 0.2) is 0 Å². The number of aromatic nitrogens is 1. The third-order valence-corrected chi connectivity index (χ3v) is 14.1. The van der Waals surface area contributed by atoms with Crippen molar-refractivity contribution in [1.82, 2.24) is 9.88 Å². The summed E-state index contributed by atoms with van der Waals surface area (Å²) in [6, 6.07) is 64.5. The number of thiophene rings is 1. The molecule has 0 aliphatic carbocycles. The topological polar surface area (TPSA) is 42.5 Å². The molecule has 60 heavy (non-hydrogen) atoms. The molecular weight excluding hydrogens is 751 g/mol. The lowest BCUT2D eigenvalue weighted by Crippen LogP contribution is -2.30. The number of aliphatic imine (C=N–C) groups is 1. The molecule has 2 aliphatic heterocycles. The lowest BCUT2D eigenvalue weighted by Gasteiger charge is -2.31. The first-order chi connectivity index (χ1) is 29.7. The van der Waals surface area contributed by atoms with Crippen LogP contribution in [0.4, 0.5) is 0 Å². The molecule has 0 amide bonds. The molecule has 4 nitrogen and oxygen atoms in total. The van der Waals surface area contributed by atoms with Crippen LogP contribution in [0.5, 0.6) is 0 Å². The molecule has 3 aromatic heterocycles. The summed E-state index contributed by atoms with van der Waals surface area (Å²) in [6.45, 7) is 0. The zero-order chi connectivity index (χ0) is 39.1. The molecule has 5 heterocycles. The molecule has 0 fully saturated rings. The van der Waals surface area contributed by atoms with Crippen molar-refractivity contribution in [2.24, 2.45) is 4.99 Å². The molecule has 0 saturated carbocycles. The first-order valence-corrected chi connectivity index (χ1v) is 21.4. The van der Waals surface area contributed by atoms with Gasteiger partial charge in [-0.05, 0) is 75.6 Å². The molecule has 12 aromatic rings. The van der Waals surface area contributed by atoms with Crippen molar-refractivity contribution in [3.8, 4) is 5.69 Å². The van der Waals surface area contributed by atoms with Gasteiger partial charge in [0.25, 0.3) is 0 Å². The van der Waals surface area contributed by atoms with Crippen molar-refractivity contribution >= 4 is 108 Å². The van der Waals surface area contributed by atoms with Crippen LogP contribution in [0, 0.1) is 0 Å². The van der Waals surface area contributed by atoms with Gasteiger partial charge >= 0.3 is 0 Å². The van der Waals surface area contributed by atoms with E-state index in [4.69, 9.17) is 9.41 Å². The Morgan fingerprint density at radius 1 is 0.533 bits per heavy atom. The van der Waals surface area contributed by atoms with Gasteiger partial charge in [0.05, 0.1) is 22.4 Å². The summed E-state index contributed by atoms with van der Waals surface area (Å²) in [5.74, 6) is 0. The van der Waals surface area contributed by atoms with Gasteiger partial charge < -0.3 is 14.3 Å². The molecule has 5 heteroatoms. The fraction of sp³-hybridized carbons (Fsp3) is 0.0364. The number of hydrogen-bond donors (Lipinski definition) is 1. The maximum absolute atomic E-state index is 6.48. The van der Waals surface area contributed by atoms with E-state index in [0.717, 1.165) is 44.5 Å². The largest absolute Gasteiger partial charge is 0.456 e. The Morgan fingerprint density at radius 2 is 1.27 bits per heavy atom. The highest BCUT2D eigenvalue weighted by Gasteiger charge is 2.33. The fourth-order valence-corrected chi connectivity index (χ4v) is 11.5. The van der Waals surface area contributed by atoms with Gasteiger partial charge in [0.2, 0.25) is 0 Å². The fourth-order valence-electron chi connectivity index (χ4n) is 10.4. The summed E-state index contributed by atoms with van der Waals surface area (Å²) in [6.07, 6.45) is 0.302. The zero-order valence-electron chi connectivity index (χ0n) is 32.2. The molecule has 0 spiro atoms. The lowest BCUT2D eigenvalue weighted by molar-refractivity contribution is 0.655. The van der Waals surface area contributed by atoms with Gasteiger partial charge in [-0.3, -0.25) is 4.99 Å². The van der Waals surface area contributed by atoms with E-state index in [0.29, 0.717) is 6.42 Å². The number of rotatable bonds is 2. The van der Waals surface area contributed by atoms with Gasteiger partial charge in [0.1, 0.15) is 17.3 Å². The number of nitrogens with zero attached hydrogens (tertiary/aromatic N) is 2. The van der Waals surface area contributed by atoms with Gasteiger partial charge in [0, 0.05) is 76.1 Å². The van der Waals surface area contributed by atoms with Crippen LogP contribution in [0.1, 0.15) is 28.4 Å². The second kappa shape index (κ2) is 12.0. The number of para-hydroxylation sites is 1. The van der Waals surface area contributed by atoms with Crippen molar-refractivity contribution in [3.05, 3.63) is 204 Å². The Kier molecular flexibility index (Phi) is 6.52. The predicted octanol–water partition coefficient (Wildman–Crippen LogP) is 14.4. The Morgan fingerprint density at radius 3 is 2.18 bits per heavy atom. The molecule has 1 unspecified atom stereocenters. The van der Waals surface area contributed by atoms with E-state index < -0.39 is 6.17 Å². The van der Waals surface area contributed by atoms with Gasteiger partial charge in [-0.15, -0.1) is 11.3 Å². The number of allylic oxidation sites excluding steroid dienone is 1. The Balaban J connectivity index is 1.17. The van der Waals surface area contributed by atoms with E-state index >= 15 is 0 Å². The maximum Gasteiger partial charge on any atom is 0.146 e.